The molecule has 1 aliphatic heterocycles. The molecule has 1 N–H and O–H groups in total. The maximum Gasteiger partial charge on any atom is 0.262 e. The van der Waals surface area contributed by atoms with Crippen LogP contribution in [0.25, 0.3) is 0 Å². The molecule has 1 saturated heterocycles. The lowest BCUT2D eigenvalue weighted by molar-refractivity contribution is 0.0767. The number of rotatable bonds is 5. The number of ether oxygens (including phenoxy) is 1. The molecular formula is C20H24N2O4S2. The molecule has 2 aromatic rings. The van der Waals surface area contributed by atoms with E-state index in [0.29, 0.717) is 28.8 Å². The van der Waals surface area contributed by atoms with Crippen LogP contribution < -0.4 is 9.46 Å². The van der Waals surface area contributed by atoms with Crippen LogP contribution in [0.4, 0.5) is 5.69 Å². The summed E-state index contributed by atoms with van der Waals surface area (Å²) in [5.74, 6) is 1.30. The molecule has 0 aromatic heterocycles. The quantitative estimate of drug-likeness (QED) is 0.802. The second-order valence-electron chi connectivity index (χ2n) is 6.59. The molecule has 1 aliphatic rings. The highest BCUT2D eigenvalue weighted by Gasteiger charge is 2.21. The lowest BCUT2D eigenvalue weighted by Gasteiger charge is -2.20. The van der Waals surface area contributed by atoms with Crippen LogP contribution in [0, 0.1) is 0 Å². The summed E-state index contributed by atoms with van der Waals surface area (Å²) < 4.78 is 33.1. The fourth-order valence-electron chi connectivity index (χ4n) is 2.99. The van der Waals surface area contributed by atoms with Crippen molar-refractivity contribution in [2.75, 3.05) is 30.7 Å². The van der Waals surface area contributed by atoms with E-state index in [0.717, 1.165) is 18.7 Å². The van der Waals surface area contributed by atoms with Crippen LogP contribution in [0.15, 0.2) is 53.4 Å². The van der Waals surface area contributed by atoms with Crippen LogP contribution in [-0.4, -0.2) is 50.4 Å². The number of benzene rings is 2. The Labute approximate surface area is 170 Å². The minimum atomic E-state index is -3.78. The maximum atomic E-state index is 12.7. The van der Waals surface area contributed by atoms with Crippen molar-refractivity contribution >= 4 is 33.4 Å². The minimum absolute atomic E-state index is 0.0589. The number of carbonyl (C=O) groups is 1. The van der Waals surface area contributed by atoms with E-state index in [4.69, 9.17) is 4.74 Å². The molecular weight excluding hydrogens is 396 g/mol. The van der Waals surface area contributed by atoms with Crippen molar-refractivity contribution in [2.24, 2.45) is 0 Å². The van der Waals surface area contributed by atoms with E-state index in [1.807, 2.05) is 16.7 Å². The number of para-hydroxylation sites is 2. The Bertz CT molecular complexity index is 929. The van der Waals surface area contributed by atoms with E-state index in [9.17, 15) is 13.2 Å². The zero-order valence-corrected chi connectivity index (χ0v) is 17.6. The van der Waals surface area contributed by atoms with Crippen LogP contribution in [0.2, 0.25) is 0 Å². The molecule has 1 heterocycles. The highest BCUT2D eigenvalue weighted by Crippen LogP contribution is 2.26. The lowest BCUT2D eigenvalue weighted by Crippen LogP contribution is -2.33. The zero-order valence-electron chi connectivity index (χ0n) is 15.9. The Morgan fingerprint density at radius 2 is 1.86 bits per heavy atom. The summed E-state index contributed by atoms with van der Waals surface area (Å²) in [4.78, 5) is 14.7. The second kappa shape index (κ2) is 8.87. The van der Waals surface area contributed by atoms with Gasteiger partial charge in [0, 0.05) is 29.7 Å². The molecule has 0 radical (unpaired) electrons. The summed E-state index contributed by atoms with van der Waals surface area (Å²) >= 11 is 1.87. The third-order valence-electron chi connectivity index (χ3n) is 4.62. The number of amides is 1. The number of hydrogen-bond acceptors (Lipinski definition) is 5. The van der Waals surface area contributed by atoms with Crippen molar-refractivity contribution < 1.29 is 17.9 Å². The maximum absolute atomic E-state index is 12.7. The molecule has 0 saturated carbocycles. The van der Waals surface area contributed by atoms with Gasteiger partial charge in [-0.25, -0.2) is 8.42 Å². The highest BCUT2D eigenvalue weighted by molar-refractivity contribution is 7.99. The monoisotopic (exact) mass is 420 g/mol. The van der Waals surface area contributed by atoms with Gasteiger partial charge < -0.3 is 9.64 Å². The Balaban J connectivity index is 1.75. The van der Waals surface area contributed by atoms with Gasteiger partial charge in [-0.15, -0.1) is 0 Å². The average molecular weight is 421 g/mol. The number of thioether (sulfide) groups is 1. The molecule has 0 unspecified atom stereocenters. The van der Waals surface area contributed by atoms with Crippen LogP contribution in [0.5, 0.6) is 5.75 Å². The van der Waals surface area contributed by atoms with Crippen molar-refractivity contribution in [3.8, 4) is 5.75 Å². The molecule has 3 rings (SSSR count). The van der Waals surface area contributed by atoms with E-state index in [1.54, 1.807) is 36.4 Å². The van der Waals surface area contributed by atoms with Gasteiger partial charge in [-0.05, 0) is 42.8 Å². The Morgan fingerprint density at radius 3 is 2.57 bits per heavy atom. The summed E-state index contributed by atoms with van der Waals surface area (Å²) in [5, 5.41) is 0.548. The minimum Gasteiger partial charge on any atom is -0.495 e. The Kier molecular flexibility index (Phi) is 6.51. The van der Waals surface area contributed by atoms with Gasteiger partial charge in [0.1, 0.15) is 5.75 Å². The van der Waals surface area contributed by atoms with E-state index in [-0.39, 0.29) is 10.8 Å². The smallest absolute Gasteiger partial charge is 0.262 e. The SMILES string of the molecule is COc1ccccc1NS(=O)(=O)c1ccc(C(=O)N2CCS[C@H](C)CC2)cc1. The molecule has 150 valence electrons. The summed E-state index contributed by atoms with van der Waals surface area (Å²) in [6, 6.07) is 12.9. The predicted octanol–water partition coefficient (Wildman–Crippen LogP) is 3.46. The molecule has 0 spiro atoms. The molecule has 0 bridgehead atoms. The number of nitrogens with zero attached hydrogens (tertiary/aromatic N) is 1. The third-order valence-corrected chi connectivity index (χ3v) is 7.22. The first-order valence-electron chi connectivity index (χ1n) is 9.07. The predicted molar refractivity (Wildman–Crippen MR) is 113 cm³/mol. The first kappa shape index (κ1) is 20.5. The van der Waals surface area contributed by atoms with Gasteiger partial charge in [0.05, 0.1) is 17.7 Å². The van der Waals surface area contributed by atoms with Crippen LogP contribution >= 0.6 is 11.8 Å². The summed E-state index contributed by atoms with van der Waals surface area (Å²) in [5.41, 5.74) is 0.858. The van der Waals surface area contributed by atoms with Gasteiger partial charge in [0.2, 0.25) is 0 Å². The average Bonchev–Trinajstić information content (AvgIpc) is 2.92. The summed E-state index contributed by atoms with van der Waals surface area (Å²) in [6.07, 6.45) is 0.964. The van der Waals surface area contributed by atoms with Gasteiger partial charge >= 0.3 is 0 Å². The molecule has 2 aromatic carbocycles. The largest absolute Gasteiger partial charge is 0.495 e. The molecule has 28 heavy (non-hydrogen) atoms. The fourth-order valence-corrected chi connectivity index (χ4v) is 5.06. The second-order valence-corrected chi connectivity index (χ2v) is 9.82. The topological polar surface area (TPSA) is 75.7 Å². The Hall–Kier alpha value is -2.19. The molecule has 6 nitrogen and oxygen atoms in total. The van der Waals surface area contributed by atoms with E-state index >= 15 is 0 Å². The molecule has 8 heteroatoms. The summed E-state index contributed by atoms with van der Waals surface area (Å²) in [7, 11) is -2.30. The van der Waals surface area contributed by atoms with Crippen molar-refractivity contribution in [3.63, 3.8) is 0 Å². The van der Waals surface area contributed by atoms with Crippen molar-refractivity contribution in [2.45, 2.75) is 23.5 Å². The van der Waals surface area contributed by atoms with Crippen LogP contribution in [0.3, 0.4) is 0 Å². The first-order chi connectivity index (χ1) is 13.4. The molecule has 1 amide bonds. The Morgan fingerprint density at radius 1 is 1.14 bits per heavy atom. The van der Waals surface area contributed by atoms with Gasteiger partial charge in [0.15, 0.2) is 0 Å². The van der Waals surface area contributed by atoms with E-state index in [2.05, 4.69) is 11.6 Å². The highest BCUT2D eigenvalue weighted by atomic mass is 32.2. The lowest BCUT2D eigenvalue weighted by atomic mass is 10.2. The summed E-state index contributed by atoms with van der Waals surface area (Å²) in [6.45, 7) is 3.61. The molecule has 1 fully saturated rings. The van der Waals surface area contributed by atoms with Crippen molar-refractivity contribution in [1.82, 2.24) is 4.90 Å². The molecule has 1 atom stereocenters. The third kappa shape index (κ3) is 4.80. The van der Waals surface area contributed by atoms with E-state index < -0.39 is 10.0 Å². The normalized spacial score (nSPS) is 17.6. The van der Waals surface area contributed by atoms with Gasteiger partial charge in [-0.3, -0.25) is 9.52 Å². The first-order valence-corrected chi connectivity index (χ1v) is 11.6. The molecule has 0 aliphatic carbocycles. The van der Waals surface area contributed by atoms with Crippen LogP contribution in [0.1, 0.15) is 23.7 Å². The van der Waals surface area contributed by atoms with Crippen LogP contribution in [-0.2, 0) is 10.0 Å². The fraction of sp³-hybridized carbons (Fsp3) is 0.350. The zero-order chi connectivity index (χ0) is 20.1. The van der Waals surface area contributed by atoms with Crippen molar-refractivity contribution in [1.29, 1.82) is 0 Å². The van der Waals surface area contributed by atoms with Gasteiger partial charge in [-0.1, -0.05) is 19.1 Å². The number of nitrogens with one attached hydrogen (secondary N) is 1. The van der Waals surface area contributed by atoms with Crippen molar-refractivity contribution in [3.05, 3.63) is 54.1 Å². The number of carbonyl (C=O) groups excluding carboxylic acids is 1. The standard InChI is InChI=1S/C20H24N2O4S2/c1-15-11-12-22(13-14-27-15)20(23)16-7-9-17(10-8-16)28(24,25)21-18-5-3-4-6-19(18)26-2/h3-10,15,21H,11-14H2,1-2H3/t15-/m1/s1. The number of sulfonamides is 1. The van der Waals surface area contributed by atoms with E-state index in [1.165, 1.54) is 19.2 Å². The number of hydrogen-bond donors (Lipinski definition) is 1. The number of methoxy groups -OCH3 is 1. The number of anilines is 1. The van der Waals surface area contributed by atoms with Gasteiger partial charge in [-0.2, -0.15) is 11.8 Å². The van der Waals surface area contributed by atoms with Gasteiger partial charge in [0.25, 0.3) is 15.9 Å².